The van der Waals surface area contributed by atoms with Crippen LogP contribution in [0.4, 0.5) is 0 Å². The van der Waals surface area contributed by atoms with Gasteiger partial charge in [-0.2, -0.15) is 0 Å². The molecule has 0 aliphatic carbocycles. The number of aromatic nitrogens is 2. The Kier molecular flexibility index (Phi) is 6.19. The largest absolute Gasteiger partial charge is 0.543 e. The molecule has 3 rings (SSSR count). The van der Waals surface area contributed by atoms with Gasteiger partial charge in [-0.1, -0.05) is 20.8 Å². The number of nitrogens with zero attached hydrogens (tertiary/aromatic N) is 2. The molecule has 0 bridgehead atoms. The zero-order valence-corrected chi connectivity index (χ0v) is 20.3. The zero-order chi connectivity index (χ0) is 22.1. The van der Waals surface area contributed by atoms with E-state index in [9.17, 15) is 4.79 Å². The molecule has 0 aliphatic heterocycles. The van der Waals surface area contributed by atoms with Crippen LogP contribution >= 0.6 is 11.9 Å². The summed E-state index contributed by atoms with van der Waals surface area (Å²) in [5, 5.41) is 1.48. The molecule has 1 heterocycles. The lowest BCUT2D eigenvalue weighted by Gasteiger charge is -2.37. The van der Waals surface area contributed by atoms with Crippen LogP contribution in [0.5, 0.6) is 17.2 Å². The number of benzene rings is 2. The summed E-state index contributed by atoms with van der Waals surface area (Å²) in [4.78, 5) is 17.0. The standard InChI is InChI=1S/C22H28N2O4SSi/c1-22(2,3)30(6,7)28-19-13-15(21(25)29-24-11-10-23-14-24)12-16-17(26-4)8-9-18(27-5)20(16)19/h8-14H,1-7H3. The topological polar surface area (TPSA) is 62.6 Å². The molecule has 0 unspecified atom stereocenters. The normalized spacial score (nSPS) is 12.1. The predicted octanol–water partition coefficient (Wildman–Crippen LogP) is 5.77. The molecule has 0 aliphatic rings. The summed E-state index contributed by atoms with van der Waals surface area (Å²) in [6, 6.07) is 7.36. The first kappa shape index (κ1) is 22.2. The third kappa shape index (κ3) is 4.34. The zero-order valence-electron chi connectivity index (χ0n) is 18.5. The molecule has 160 valence electrons. The summed E-state index contributed by atoms with van der Waals surface area (Å²) >= 11 is 1.07. The molecule has 0 spiro atoms. The highest BCUT2D eigenvalue weighted by molar-refractivity contribution is 8.12. The third-order valence-corrected chi connectivity index (χ3v) is 10.7. The average molecular weight is 445 g/mol. The minimum absolute atomic E-state index is 0.00298. The number of rotatable bonds is 6. The Hall–Kier alpha value is -2.45. The van der Waals surface area contributed by atoms with Crippen molar-refractivity contribution in [2.75, 3.05) is 14.2 Å². The Morgan fingerprint density at radius 3 is 2.30 bits per heavy atom. The number of methoxy groups -OCH3 is 2. The molecule has 30 heavy (non-hydrogen) atoms. The van der Waals surface area contributed by atoms with Gasteiger partial charge in [0, 0.05) is 35.3 Å². The van der Waals surface area contributed by atoms with Crippen molar-refractivity contribution in [2.45, 2.75) is 38.9 Å². The summed E-state index contributed by atoms with van der Waals surface area (Å²) in [6.07, 6.45) is 4.97. The number of hydrogen-bond acceptors (Lipinski definition) is 6. The molecule has 0 atom stereocenters. The molecule has 3 aromatic rings. The van der Waals surface area contributed by atoms with E-state index < -0.39 is 8.32 Å². The molecular weight excluding hydrogens is 416 g/mol. The van der Waals surface area contributed by atoms with E-state index >= 15 is 0 Å². The van der Waals surface area contributed by atoms with Crippen molar-refractivity contribution in [3.05, 3.63) is 48.5 Å². The van der Waals surface area contributed by atoms with Crippen LogP contribution in [0.25, 0.3) is 10.8 Å². The van der Waals surface area contributed by atoms with Crippen LogP contribution in [0.1, 0.15) is 31.1 Å². The van der Waals surface area contributed by atoms with Gasteiger partial charge in [0.05, 0.1) is 19.6 Å². The van der Waals surface area contributed by atoms with Crippen LogP contribution in [0, 0.1) is 0 Å². The van der Waals surface area contributed by atoms with Crippen molar-refractivity contribution in [1.29, 1.82) is 0 Å². The van der Waals surface area contributed by atoms with E-state index in [-0.39, 0.29) is 10.2 Å². The van der Waals surface area contributed by atoms with Gasteiger partial charge >= 0.3 is 0 Å². The molecule has 0 saturated heterocycles. The van der Waals surface area contributed by atoms with E-state index in [0.29, 0.717) is 22.8 Å². The van der Waals surface area contributed by atoms with Gasteiger partial charge in [0.25, 0.3) is 8.32 Å². The van der Waals surface area contributed by atoms with Gasteiger partial charge in [0.2, 0.25) is 5.12 Å². The first-order valence-electron chi connectivity index (χ1n) is 9.66. The second kappa shape index (κ2) is 8.35. The summed E-state index contributed by atoms with van der Waals surface area (Å²) in [5.41, 5.74) is 0.529. The van der Waals surface area contributed by atoms with Gasteiger partial charge in [0.1, 0.15) is 23.6 Å². The molecule has 0 amide bonds. The van der Waals surface area contributed by atoms with Crippen molar-refractivity contribution in [2.24, 2.45) is 0 Å². The van der Waals surface area contributed by atoms with E-state index in [1.165, 1.54) is 0 Å². The molecule has 2 aromatic carbocycles. The third-order valence-electron chi connectivity index (χ3n) is 5.52. The molecule has 8 heteroatoms. The smallest absolute Gasteiger partial charge is 0.250 e. The van der Waals surface area contributed by atoms with Crippen molar-refractivity contribution >= 4 is 36.2 Å². The Bertz CT molecular complexity index is 1060. The van der Waals surface area contributed by atoms with E-state index in [1.54, 1.807) is 36.9 Å². The van der Waals surface area contributed by atoms with Crippen molar-refractivity contribution in [1.82, 2.24) is 8.96 Å². The van der Waals surface area contributed by atoms with Crippen LogP contribution in [-0.2, 0) is 0 Å². The van der Waals surface area contributed by atoms with Crippen LogP contribution < -0.4 is 13.9 Å². The first-order chi connectivity index (χ1) is 14.1. The second-order valence-electron chi connectivity index (χ2n) is 8.53. The van der Waals surface area contributed by atoms with Crippen LogP contribution in [0.15, 0.2) is 43.0 Å². The molecule has 6 nitrogen and oxygen atoms in total. The SMILES string of the molecule is COc1ccc(OC)c2c(O[Si](C)(C)C(C)(C)C)cc(C(=O)Sn3ccnc3)cc12. The van der Waals surface area contributed by atoms with E-state index in [1.807, 2.05) is 24.3 Å². The number of fused-ring (bicyclic) bond motifs is 1. The lowest BCUT2D eigenvalue weighted by Crippen LogP contribution is -2.43. The lowest BCUT2D eigenvalue weighted by molar-refractivity contribution is 0.108. The van der Waals surface area contributed by atoms with Gasteiger partial charge in [0.15, 0.2) is 0 Å². The highest BCUT2D eigenvalue weighted by Crippen LogP contribution is 2.44. The van der Waals surface area contributed by atoms with Gasteiger partial charge in [-0.25, -0.2) is 4.98 Å². The Balaban J connectivity index is 2.21. The van der Waals surface area contributed by atoms with Crippen molar-refractivity contribution < 1.29 is 18.7 Å². The highest BCUT2D eigenvalue weighted by Gasteiger charge is 2.39. The van der Waals surface area contributed by atoms with E-state index in [0.717, 1.165) is 22.7 Å². The number of imidazole rings is 1. The summed E-state index contributed by atoms with van der Waals surface area (Å²) < 4.78 is 19.6. The molecule has 1 aromatic heterocycles. The van der Waals surface area contributed by atoms with Crippen LogP contribution in [0.2, 0.25) is 18.1 Å². The minimum Gasteiger partial charge on any atom is -0.543 e. The molecule has 0 radical (unpaired) electrons. The number of carbonyl (C=O) groups is 1. The highest BCUT2D eigenvalue weighted by atomic mass is 32.2. The van der Waals surface area contributed by atoms with Gasteiger partial charge in [-0.05, 0) is 42.4 Å². The van der Waals surface area contributed by atoms with Gasteiger partial charge in [-0.15, -0.1) is 0 Å². The number of carbonyl (C=O) groups excluding carboxylic acids is 1. The minimum atomic E-state index is -2.18. The second-order valence-corrected chi connectivity index (χ2v) is 14.2. The summed E-state index contributed by atoms with van der Waals surface area (Å²) in [7, 11) is 1.07. The van der Waals surface area contributed by atoms with Crippen molar-refractivity contribution in [3.63, 3.8) is 0 Å². The Morgan fingerprint density at radius 1 is 1.07 bits per heavy atom. The first-order valence-corrected chi connectivity index (χ1v) is 13.3. The number of hydrogen-bond donors (Lipinski definition) is 0. The van der Waals surface area contributed by atoms with Gasteiger partial charge in [-0.3, -0.25) is 8.77 Å². The fraction of sp³-hybridized carbons (Fsp3) is 0.364. The fourth-order valence-corrected chi connectivity index (χ4v) is 4.46. The van der Waals surface area contributed by atoms with E-state index in [4.69, 9.17) is 13.9 Å². The molecule has 0 N–H and O–H groups in total. The lowest BCUT2D eigenvalue weighted by atomic mass is 10.0. The molecule has 0 fully saturated rings. The van der Waals surface area contributed by atoms with Gasteiger partial charge < -0.3 is 13.9 Å². The Morgan fingerprint density at radius 2 is 1.73 bits per heavy atom. The van der Waals surface area contributed by atoms with Crippen LogP contribution in [-0.4, -0.2) is 36.6 Å². The maximum atomic E-state index is 13.0. The molecular formula is C22H28N2O4SSi. The number of ether oxygens (including phenoxy) is 2. The summed E-state index contributed by atoms with van der Waals surface area (Å²) in [5.74, 6) is 1.98. The van der Waals surface area contributed by atoms with Crippen molar-refractivity contribution in [3.8, 4) is 17.2 Å². The predicted molar refractivity (Wildman–Crippen MR) is 124 cm³/mol. The molecule has 0 saturated carbocycles. The maximum absolute atomic E-state index is 13.0. The monoisotopic (exact) mass is 444 g/mol. The summed E-state index contributed by atoms with van der Waals surface area (Å²) in [6.45, 7) is 10.9. The fourth-order valence-electron chi connectivity index (χ4n) is 2.81. The Labute approximate surface area is 182 Å². The van der Waals surface area contributed by atoms with Crippen LogP contribution in [0.3, 0.4) is 0 Å². The van der Waals surface area contributed by atoms with E-state index in [2.05, 4.69) is 38.8 Å². The average Bonchev–Trinajstić information content (AvgIpc) is 3.18. The quantitative estimate of drug-likeness (QED) is 0.450. The maximum Gasteiger partial charge on any atom is 0.250 e.